The monoisotopic (exact) mass is 309 g/mol. The third-order valence-electron chi connectivity index (χ3n) is 1.67. The quantitative estimate of drug-likeness (QED) is 0.867. The molecule has 1 unspecified atom stereocenters. The molecule has 0 radical (unpaired) electrons. The zero-order valence-corrected chi connectivity index (χ0v) is 11.1. The van der Waals surface area contributed by atoms with Gasteiger partial charge in [-0.05, 0) is 22.0 Å². The summed E-state index contributed by atoms with van der Waals surface area (Å²) in [6, 6.07) is 1.74. The molecule has 0 aromatic carbocycles. The van der Waals surface area contributed by atoms with Crippen molar-refractivity contribution in [2.45, 2.75) is 11.9 Å². The Morgan fingerprint density at radius 3 is 3.00 bits per heavy atom. The lowest BCUT2D eigenvalue weighted by atomic mass is 10.2. The van der Waals surface area contributed by atoms with Crippen molar-refractivity contribution in [2.75, 3.05) is 5.75 Å². The van der Waals surface area contributed by atoms with Gasteiger partial charge in [0, 0.05) is 16.4 Å². The summed E-state index contributed by atoms with van der Waals surface area (Å²) in [6.45, 7) is 1.65. The van der Waals surface area contributed by atoms with Gasteiger partial charge in [0.1, 0.15) is 5.03 Å². The van der Waals surface area contributed by atoms with Crippen LogP contribution in [0.25, 0.3) is 0 Å². The van der Waals surface area contributed by atoms with E-state index in [1.807, 2.05) is 0 Å². The van der Waals surface area contributed by atoms with Crippen molar-refractivity contribution in [2.24, 2.45) is 5.92 Å². The Labute approximate surface area is 105 Å². The van der Waals surface area contributed by atoms with Crippen molar-refractivity contribution in [3.8, 4) is 0 Å². The van der Waals surface area contributed by atoms with E-state index in [-0.39, 0.29) is 0 Å². The van der Waals surface area contributed by atoms with Crippen molar-refractivity contribution in [3.63, 3.8) is 0 Å². The van der Waals surface area contributed by atoms with Crippen LogP contribution < -0.4 is 0 Å². The van der Waals surface area contributed by atoms with E-state index in [1.54, 1.807) is 19.2 Å². The van der Waals surface area contributed by atoms with Gasteiger partial charge >= 0.3 is 5.97 Å². The van der Waals surface area contributed by atoms with Gasteiger partial charge in [-0.15, -0.1) is 11.8 Å². The van der Waals surface area contributed by atoms with E-state index in [2.05, 4.69) is 20.9 Å². The Kier molecular flexibility index (Phi) is 4.89. The SMILES string of the molecule is CC(CSc1ncc(Br)cc1Cl)C(=O)O. The van der Waals surface area contributed by atoms with Gasteiger partial charge in [0.2, 0.25) is 0 Å². The molecule has 1 N–H and O–H groups in total. The van der Waals surface area contributed by atoms with Crippen LogP contribution in [0.1, 0.15) is 6.92 Å². The lowest BCUT2D eigenvalue weighted by Gasteiger charge is -2.06. The maximum absolute atomic E-state index is 10.6. The van der Waals surface area contributed by atoms with Gasteiger partial charge in [-0.3, -0.25) is 4.79 Å². The van der Waals surface area contributed by atoms with Gasteiger partial charge in [0.25, 0.3) is 0 Å². The fourth-order valence-corrected chi connectivity index (χ4v) is 2.45. The lowest BCUT2D eigenvalue weighted by Crippen LogP contribution is -2.11. The number of aromatic nitrogens is 1. The number of hydrogen-bond acceptors (Lipinski definition) is 3. The number of hydrogen-bond donors (Lipinski definition) is 1. The first-order valence-corrected chi connectivity index (χ1v) is 6.33. The predicted molar refractivity (Wildman–Crippen MR) is 64.5 cm³/mol. The predicted octanol–water partition coefficient (Wildman–Crippen LogP) is 3.31. The summed E-state index contributed by atoms with van der Waals surface area (Å²) in [4.78, 5) is 14.7. The Morgan fingerprint density at radius 1 is 1.80 bits per heavy atom. The van der Waals surface area contributed by atoms with Crippen LogP contribution in [0.15, 0.2) is 21.8 Å². The van der Waals surface area contributed by atoms with E-state index in [0.29, 0.717) is 15.8 Å². The Bertz CT molecular complexity index is 375. The molecule has 0 amide bonds. The number of carboxylic acids is 1. The number of carbonyl (C=O) groups is 1. The molecule has 1 aromatic heterocycles. The molecule has 0 aliphatic carbocycles. The van der Waals surface area contributed by atoms with Gasteiger partial charge in [-0.2, -0.15) is 0 Å². The van der Waals surface area contributed by atoms with Crippen LogP contribution in [-0.4, -0.2) is 21.8 Å². The molecule has 0 saturated heterocycles. The highest BCUT2D eigenvalue weighted by Crippen LogP contribution is 2.28. The van der Waals surface area contributed by atoms with E-state index in [9.17, 15) is 4.79 Å². The van der Waals surface area contributed by atoms with Crippen LogP contribution in [0.4, 0.5) is 0 Å². The summed E-state index contributed by atoms with van der Waals surface area (Å²) >= 11 is 10.5. The summed E-state index contributed by atoms with van der Waals surface area (Å²) < 4.78 is 0.808. The van der Waals surface area contributed by atoms with Crippen molar-refractivity contribution >= 4 is 45.3 Å². The number of halogens is 2. The Morgan fingerprint density at radius 2 is 2.47 bits per heavy atom. The topological polar surface area (TPSA) is 50.2 Å². The molecule has 1 aromatic rings. The Hall–Kier alpha value is -0.260. The number of aliphatic carboxylic acids is 1. The molecule has 0 spiro atoms. The van der Waals surface area contributed by atoms with Crippen LogP contribution in [0, 0.1) is 5.92 Å². The third-order valence-corrected chi connectivity index (χ3v) is 3.76. The average molecular weight is 311 g/mol. The molecule has 0 bridgehead atoms. The van der Waals surface area contributed by atoms with Crippen molar-refractivity contribution in [1.29, 1.82) is 0 Å². The first-order valence-electron chi connectivity index (χ1n) is 4.17. The van der Waals surface area contributed by atoms with Gasteiger partial charge < -0.3 is 5.11 Å². The van der Waals surface area contributed by atoms with E-state index in [0.717, 1.165) is 4.47 Å². The number of pyridine rings is 1. The van der Waals surface area contributed by atoms with Crippen molar-refractivity contribution in [1.82, 2.24) is 4.98 Å². The molecular weight excluding hydrogens is 302 g/mol. The summed E-state index contributed by atoms with van der Waals surface area (Å²) in [7, 11) is 0. The fourth-order valence-electron chi connectivity index (χ4n) is 0.783. The maximum Gasteiger partial charge on any atom is 0.307 e. The minimum Gasteiger partial charge on any atom is -0.481 e. The minimum atomic E-state index is -0.810. The second kappa shape index (κ2) is 5.72. The highest BCUT2D eigenvalue weighted by Gasteiger charge is 2.12. The van der Waals surface area contributed by atoms with Crippen LogP contribution in [-0.2, 0) is 4.79 Å². The number of thioether (sulfide) groups is 1. The molecule has 1 atom stereocenters. The van der Waals surface area contributed by atoms with Crippen molar-refractivity contribution in [3.05, 3.63) is 21.8 Å². The summed E-state index contributed by atoms with van der Waals surface area (Å²) in [6.07, 6.45) is 1.64. The van der Waals surface area contributed by atoms with Gasteiger partial charge in [-0.25, -0.2) is 4.98 Å². The minimum absolute atomic E-state index is 0.406. The van der Waals surface area contributed by atoms with Crippen LogP contribution in [0.3, 0.4) is 0 Å². The summed E-state index contributed by atoms with van der Waals surface area (Å²) in [5.74, 6) is -0.754. The molecular formula is C9H9BrClNO2S. The average Bonchev–Trinajstić information content (AvgIpc) is 2.15. The second-order valence-electron chi connectivity index (χ2n) is 2.99. The molecule has 0 saturated carbocycles. The second-order valence-corrected chi connectivity index (χ2v) is 5.32. The van der Waals surface area contributed by atoms with E-state index in [1.165, 1.54) is 11.8 Å². The first kappa shape index (κ1) is 12.8. The van der Waals surface area contributed by atoms with E-state index >= 15 is 0 Å². The molecule has 1 rings (SSSR count). The third kappa shape index (κ3) is 4.01. The molecule has 0 aliphatic heterocycles. The van der Waals surface area contributed by atoms with Crippen molar-refractivity contribution < 1.29 is 9.90 Å². The molecule has 0 aliphatic rings. The van der Waals surface area contributed by atoms with E-state index < -0.39 is 11.9 Å². The highest BCUT2D eigenvalue weighted by atomic mass is 79.9. The summed E-state index contributed by atoms with van der Waals surface area (Å²) in [5, 5.41) is 9.89. The van der Waals surface area contributed by atoms with Gasteiger partial charge in [0.15, 0.2) is 0 Å². The molecule has 0 fully saturated rings. The molecule has 6 heteroatoms. The fraction of sp³-hybridized carbons (Fsp3) is 0.333. The molecule has 82 valence electrons. The first-order chi connectivity index (χ1) is 7.00. The van der Waals surface area contributed by atoms with Crippen LogP contribution in [0.2, 0.25) is 5.02 Å². The van der Waals surface area contributed by atoms with Gasteiger partial charge in [0.05, 0.1) is 10.9 Å². The van der Waals surface area contributed by atoms with Crippen LogP contribution >= 0.6 is 39.3 Å². The lowest BCUT2D eigenvalue weighted by molar-refractivity contribution is -0.140. The number of nitrogens with zero attached hydrogens (tertiary/aromatic N) is 1. The molecule has 15 heavy (non-hydrogen) atoms. The normalized spacial score (nSPS) is 12.5. The zero-order chi connectivity index (χ0) is 11.4. The largest absolute Gasteiger partial charge is 0.481 e. The Balaban J connectivity index is 2.62. The maximum atomic E-state index is 10.6. The smallest absolute Gasteiger partial charge is 0.307 e. The molecule has 3 nitrogen and oxygen atoms in total. The van der Waals surface area contributed by atoms with Crippen LogP contribution in [0.5, 0.6) is 0 Å². The zero-order valence-electron chi connectivity index (χ0n) is 7.91. The number of carboxylic acid groups (broad SMARTS) is 1. The highest BCUT2D eigenvalue weighted by molar-refractivity contribution is 9.10. The molecule has 1 heterocycles. The van der Waals surface area contributed by atoms with E-state index in [4.69, 9.17) is 16.7 Å². The summed E-state index contributed by atoms with van der Waals surface area (Å²) in [5.41, 5.74) is 0. The standard InChI is InChI=1S/C9H9BrClNO2S/c1-5(9(13)14)4-15-8-7(11)2-6(10)3-12-8/h2-3,5H,4H2,1H3,(H,13,14). The number of rotatable bonds is 4. The van der Waals surface area contributed by atoms with Gasteiger partial charge in [-0.1, -0.05) is 18.5 Å².